The maximum absolute atomic E-state index is 10.3. The maximum Gasteiger partial charge on any atom is 0.312 e. The van der Waals surface area contributed by atoms with Crippen molar-refractivity contribution in [3.63, 3.8) is 0 Å². The average Bonchev–Trinajstić information content (AvgIpc) is 2.14. The number of hydrogen-bond donors (Lipinski definition) is 1. The highest BCUT2D eigenvalue weighted by atomic mass is 16.4. The van der Waals surface area contributed by atoms with Gasteiger partial charge < -0.3 is 5.11 Å². The highest BCUT2D eigenvalue weighted by Gasteiger charge is 2.23. The molecule has 0 aliphatic carbocycles. The summed E-state index contributed by atoms with van der Waals surface area (Å²) in [5, 5.41) is 8.29. The van der Waals surface area contributed by atoms with Crippen LogP contribution in [0.15, 0.2) is 4.99 Å². The van der Waals surface area contributed by atoms with E-state index in [9.17, 15) is 9.59 Å². The fourth-order valence-corrected chi connectivity index (χ4v) is 0.618. The van der Waals surface area contributed by atoms with Gasteiger partial charge in [-0.1, -0.05) is 0 Å². The summed E-state index contributed by atoms with van der Waals surface area (Å²) in [5.74, 6) is -2.01. The summed E-state index contributed by atoms with van der Waals surface area (Å²) in [6.45, 7) is 0. The SMILES string of the molecule is O=C1CC(C(=O)O)C=N1. The number of carbonyl (C=O) groups is 2. The molecule has 1 atom stereocenters. The molecule has 0 aromatic rings. The van der Waals surface area contributed by atoms with E-state index >= 15 is 0 Å². The van der Waals surface area contributed by atoms with Crippen molar-refractivity contribution in [2.45, 2.75) is 6.42 Å². The summed E-state index contributed by atoms with van der Waals surface area (Å²) in [7, 11) is 0. The Morgan fingerprint density at radius 1 is 1.89 bits per heavy atom. The molecule has 0 bridgehead atoms. The molecule has 0 saturated heterocycles. The first kappa shape index (κ1) is 5.94. The summed E-state index contributed by atoms with van der Waals surface area (Å²) in [6.07, 6.45) is 1.19. The number of amides is 1. The van der Waals surface area contributed by atoms with Gasteiger partial charge in [-0.05, 0) is 0 Å². The molecule has 0 aromatic carbocycles. The first-order valence-corrected chi connectivity index (χ1v) is 2.50. The molecular weight excluding hydrogens is 122 g/mol. The number of hydrogen-bond acceptors (Lipinski definition) is 2. The normalized spacial score (nSPS) is 24.9. The Kier molecular flexibility index (Phi) is 1.30. The lowest BCUT2D eigenvalue weighted by atomic mass is 10.1. The van der Waals surface area contributed by atoms with Gasteiger partial charge in [0.05, 0.1) is 0 Å². The van der Waals surface area contributed by atoms with Crippen LogP contribution in [0.3, 0.4) is 0 Å². The van der Waals surface area contributed by atoms with Crippen LogP contribution in [0.2, 0.25) is 0 Å². The summed E-state index contributed by atoms with van der Waals surface area (Å²) in [6, 6.07) is 0. The second-order valence-electron chi connectivity index (χ2n) is 1.82. The molecule has 1 unspecified atom stereocenters. The Bertz CT molecular complexity index is 185. The highest BCUT2D eigenvalue weighted by Crippen LogP contribution is 2.08. The first-order chi connectivity index (χ1) is 4.20. The van der Waals surface area contributed by atoms with Gasteiger partial charge in [-0.25, -0.2) is 4.99 Å². The minimum absolute atomic E-state index is 0.0231. The van der Waals surface area contributed by atoms with Crippen molar-refractivity contribution in [3.05, 3.63) is 0 Å². The van der Waals surface area contributed by atoms with Gasteiger partial charge in [0.1, 0.15) is 5.92 Å². The van der Waals surface area contributed by atoms with E-state index in [1.54, 1.807) is 0 Å². The summed E-state index contributed by atoms with van der Waals surface area (Å²) in [4.78, 5) is 23.7. The molecule has 0 radical (unpaired) electrons. The molecule has 1 aliphatic rings. The van der Waals surface area contributed by atoms with E-state index < -0.39 is 11.9 Å². The maximum atomic E-state index is 10.3. The van der Waals surface area contributed by atoms with Crippen molar-refractivity contribution in [2.24, 2.45) is 10.9 Å². The second-order valence-corrected chi connectivity index (χ2v) is 1.82. The number of carboxylic acids is 1. The third-order valence-corrected chi connectivity index (χ3v) is 1.11. The van der Waals surface area contributed by atoms with Crippen LogP contribution in [-0.2, 0) is 9.59 Å². The molecule has 0 saturated carbocycles. The van der Waals surface area contributed by atoms with Gasteiger partial charge >= 0.3 is 5.97 Å². The zero-order chi connectivity index (χ0) is 6.85. The Labute approximate surface area is 51.2 Å². The third-order valence-electron chi connectivity index (χ3n) is 1.11. The summed E-state index contributed by atoms with van der Waals surface area (Å²) < 4.78 is 0. The number of aliphatic imine (C=N–C) groups is 1. The molecule has 48 valence electrons. The molecule has 1 N–H and O–H groups in total. The molecule has 1 rings (SSSR count). The Balaban J connectivity index is 2.60. The van der Waals surface area contributed by atoms with E-state index in [0.717, 1.165) is 0 Å². The Morgan fingerprint density at radius 2 is 2.56 bits per heavy atom. The average molecular weight is 127 g/mol. The Morgan fingerprint density at radius 3 is 2.78 bits per heavy atom. The van der Waals surface area contributed by atoms with E-state index in [1.165, 1.54) is 6.21 Å². The van der Waals surface area contributed by atoms with E-state index in [2.05, 4.69) is 4.99 Å². The van der Waals surface area contributed by atoms with E-state index in [0.29, 0.717) is 0 Å². The predicted octanol–water partition coefficient (Wildman–Crippen LogP) is -0.312. The van der Waals surface area contributed by atoms with Crippen LogP contribution in [-0.4, -0.2) is 23.2 Å². The lowest BCUT2D eigenvalue weighted by Gasteiger charge is -1.92. The van der Waals surface area contributed by atoms with Crippen LogP contribution in [0.5, 0.6) is 0 Å². The summed E-state index contributed by atoms with van der Waals surface area (Å²) in [5.41, 5.74) is 0. The minimum Gasteiger partial charge on any atom is -0.481 e. The third kappa shape index (κ3) is 1.13. The second kappa shape index (κ2) is 1.97. The van der Waals surface area contributed by atoms with Gasteiger partial charge in [-0.15, -0.1) is 0 Å². The van der Waals surface area contributed by atoms with Crippen LogP contribution < -0.4 is 0 Å². The van der Waals surface area contributed by atoms with Gasteiger partial charge in [0, 0.05) is 12.6 Å². The molecule has 0 fully saturated rings. The molecule has 0 aromatic heterocycles. The number of carbonyl (C=O) groups excluding carboxylic acids is 1. The van der Waals surface area contributed by atoms with Gasteiger partial charge in [0.2, 0.25) is 5.91 Å². The topological polar surface area (TPSA) is 66.7 Å². The van der Waals surface area contributed by atoms with Gasteiger partial charge in [0.25, 0.3) is 0 Å². The highest BCUT2D eigenvalue weighted by molar-refractivity contribution is 6.02. The standard InChI is InChI=1S/C5H5NO3/c7-4-1-3(2-6-4)5(8)9/h2-3H,1H2,(H,8,9). The first-order valence-electron chi connectivity index (χ1n) is 2.50. The van der Waals surface area contributed by atoms with Crippen molar-refractivity contribution in [1.82, 2.24) is 0 Å². The van der Waals surface area contributed by atoms with E-state index in [4.69, 9.17) is 5.11 Å². The lowest BCUT2D eigenvalue weighted by Crippen LogP contribution is -2.12. The molecule has 1 aliphatic heterocycles. The zero-order valence-corrected chi connectivity index (χ0v) is 4.57. The quantitative estimate of drug-likeness (QED) is 0.525. The van der Waals surface area contributed by atoms with Crippen molar-refractivity contribution >= 4 is 18.1 Å². The minimum atomic E-state index is -0.982. The number of carboxylic acid groups (broad SMARTS) is 1. The van der Waals surface area contributed by atoms with Crippen LogP contribution >= 0.6 is 0 Å². The van der Waals surface area contributed by atoms with Gasteiger partial charge in [-0.2, -0.15) is 0 Å². The molecule has 9 heavy (non-hydrogen) atoms. The van der Waals surface area contributed by atoms with Crippen molar-refractivity contribution in [2.75, 3.05) is 0 Å². The largest absolute Gasteiger partial charge is 0.481 e. The summed E-state index contributed by atoms with van der Waals surface area (Å²) >= 11 is 0. The van der Waals surface area contributed by atoms with Crippen LogP contribution in [0.1, 0.15) is 6.42 Å². The molecular formula is C5H5NO3. The van der Waals surface area contributed by atoms with E-state index in [1.807, 2.05) is 0 Å². The van der Waals surface area contributed by atoms with Crippen molar-refractivity contribution < 1.29 is 14.7 Å². The van der Waals surface area contributed by atoms with Crippen LogP contribution in [0.4, 0.5) is 0 Å². The monoisotopic (exact) mass is 127 g/mol. The van der Waals surface area contributed by atoms with Gasteiger partial charge in [0.15, 0.2) is 0 Å². The molecule has 4 nitrogen and oxygen atoms in total. The Hall–Kier alpha value is -1.19. The molecule has 1 amide bonds. The number of nitrogens with zero attached hydrogens (tertiary/aromatic N) is 1. The van der Waals surface area contributed by atoms with Crippen LogP contribution in [0, 0.1) is 5.92 Å². The lowest BCUT2D eigenvalue weighted by molar-refractivity contribution is -0.140. The predicted molar refractivity (Wildman–Crippen MR) is 29.2 cm³/mol. The van der Waals surface area contributed by atoms with Crippen LogP contribution in [0.25, 0.3) is 0 Å². The molecule has 0 spiro atoms. The number of aliphatic carboxylic acids is 1. The smallest absolute Gasteiger partial charge is 0.312 e. The molecule has 1 heterocycles. The zero-order valence-electron chi connectivity index (χ0n) is 4.57. The van der Waals surface area contributed by atoms with Crippen molar-refractivity contribution in [1.29, 1.82) is 0 Å². The molecule has 4 heteroatoms. The van der Waals surface area contributed by atoms with Crippen molar-refractivity contribution in [3.8, 4) is 0 Å². The van der Waals surface area contributed by atoms with E-state index in [-0.39, 0.29) is 12.3 Å². The fraction of sp³-hybridized carbons (Fsp3) is 0.400. The number of rotatable bonds is 1. The fourth-order valence-electron chi connectivity index (χ4n) is 0.618. The van der Waals surface area contributed by atoms with Gasteiger partial charge in [-0.3, -0.25) is 9.59 Å².